The van der Waals surface area contributed by atoms with E-state index in [0.717, 1.165) is 67.1 Å². The molecule has 1 N–H and O–H groups in total. The monoisotopic (exact) mass is 410 g/mol. The summed E-state index contributed by atoms with van der Waals surface area (Å²) in [5.41, 5.74) is 2.89. The van der Waals surface area contributed by atoms with Gasteiger partial charge in [0.15, 0.2) is 5.60 Å². The van der Waals surface area contributed by atoms with E-state index in [1.807, 2.05) is 32.6 Å². The van der Waals surface area contributed by atoms with Crippen LogP contribution in [0.25, 0.3) is 0 Å². The van der Waals surface area contributed by atoms with Crippen LogP contribution < -0.4 is 4.74 Å². The van der Waals surface area contributed by atoms with Crippen LogP contribution in [-0.2, 0) is 11.2 Å². The smallest absolute Gasteiger partial charge is 0.266 e. The quantitative estimate of drug-likeness (QED) is 0.820. The Labute approximate surface area is 175 Å². The van der Waals surface area contributed by atoms with Crippen LogP contribution in [0.15, 0.2) is 0 Å². The van der Waals surface area contributed by atoms with Crippen LogP contribution in [0.4, 0.5) is 0 Å². The summed E-state index contributed by atoms with van der Waals surface area (Å²) in [5, 5.41) is 10.3. The Hall–Kier alpha value is -1.46. The van der Waals surface area contributed by atoms with Gasteiger partial charge in [-0.3, -0.25) is 9.69 Å². The number of carbonyl (C=O) groups excluding carboxylic acids is 1. The Balaban J connectivity index is 0.00000280. The van der Waals surface area contributed by atoms with Crippen LogP contribution >= 0.6 is 12.4 Å². The third-order valence-electron chi connectivity index (χ3n) is 6.46. The number of phenolic OH excluding ortho intramolecular Hbond substituents is 1. The molecular formula is C22H35ClN2O3. The Kier molecular flexibility index (Phi) is 7.27. The molecule has 0 saturated carbocycles. The van der Waals surface area contributed by atoms with Crippen molar-refractivity contribution in [3.05, 3.63) is 22.3 Å². The highest BCUT2D eigenvalue weighted by atomic mass is 35.5. The van der Waals surface area contributed by atoms with E-state index < -0.39 is 5.60 Å². The van der Waals surface area contributed by atoms with Crippen LogP contribution in [0.3, 0.4) is 0 Å². The van der Waals surface area contributed by atoms with Crippen molar-refractivity contribution in [2.45, 2.75) is 65.9 Å². The summed E-state index contributed by atoms with van der Waals surface area (Å²) < 4.78 is 6.36. The standard InChI is InChI=1S/C22H34N2O3.ClH/c1-6-7-10-23-11-13-24(14-12-23)21(26)22(5)9-8-18-17(4)19(25)15(2)16(3)20(18)27-22;/h25H,6-14H2,1-5H3;1H. The zero-order chi connectivity index (χ0) is 19.8. The number of hydrogen-bond donors (Lipinski definition) is 1. The van der Waals surface area contributed by atoms with Gasteiger partial charge in [-0.1, -0.05) is 13.3 Å². The third-order valence-corrected chi connectivity index (χ3v) is 6.46. The highest BCUT2D eigenvalue weighted by molar-refractivity contribution is 5.86. The van der Waals surface area contributed by atoms with Gasteiger partial charge in [0.25, 0.3) is 5.91 Å². The summed E-state index contributed by atoms with van der Waals surface area (Å²) in [6.45, 7) is 14.5. The van der Waals surface area contributed by atoms with Gasteiger partial charge in [-0.15, -0.1) is 12.4 Å². The van der Waals surface area contributed by atoms with Gasteiger partial charge in [0, 0.05) is 38.2 Å². The summed E-state index contributed by atoms with van der Waals surface area (Å²) in [5.74, 6) is 1.26. The molecule has 1 saturated heterocycles. The van der Waals surface area contributed by atoms with E-state index in [0.29, 0.717) is 12.2 Å². The Bertz CT molecular complexity index is 729. The van der Waals surface area contributed by atoms with Crippen molar-refractivity contribution >= 4 is 18.3 Å². The third kappa shape index (κ3) is 4.11. The second-order valence-electron chi connectivity index (χ2n) is 8.35. The van der Waals surface area contributed by atoms with Gasteiger partial charge < -0.3 is 14.7 Å². The first-order chi connectivity index (χ1) is 12.8. The molecule has 28 heavy (non-hydrogen) atoms. The first-order valence-corrected chi connectivity index (χ1v) is 10.3. The molecule has 0 aromatic heterocycles. The molecule has 0 bridgehead atoms. The molecule has 2 aliphatic rings. The lowest BCUT2D eigenvalue weighted by atomic mass is 9.86. The molecule has 2 aliphatic heterocycles. The predicted molar refractivity (Wildman–Crippen MR) is 115 cm³/mol. The Morgan fingerprint density at radius 2 is 1.75 bits per heavy atom. The highest BCUT2D eigenvalue weighted by Gasteiger charge is 2.43. The molecule has 0 aliphatic carbocycles. The summed E-state index contributed by atoms with van der Waals surface area (Å²) >= 11 is 0. The minimum atomic E-state index is -0.820. The van der Waals surface area contributed by atoms with Gasteiger partial charge in [0.1, 0.15) is 11.5 Å². The van der Waals surface area contributed by atoms with Crippen molar-refractivity contribution < 1.29 is 14.6 Å². The molecule has 1 aromatic carbocycles. The van der Waals surface area contributed by atoms with Crippen molar-refractivity contribution in [2.75, 3.05) is 32.7 Å². The van der Waals surface area contributed by atoms with E-state index in [-0.39, 0.29) is 18.3 Å². The topological polar surface area (TPSA) is 53.0 Å². The Morgan fingerprint density at radius 3 is 2.36 bits per heavy atom. The number of benzene rings is 1. The van der Waals surface area contributed by atoms with E-state index in [1.165, 1.54) is 12.8 Å². The molecular weight excluding hydrogens is 376 g/mol. The first kappa shape index (κ1) is 22.8. The normalized spacial score (nSPS) is 22.2. The van der Waals surface area contributed by atoms with E-state index in [9.17, 15) is 9.90 Å². The molecule has 2 heterocycles. The number of halogens is 1. The molecule has 5 nitrogen and oxygen atoms in total. The molecule has 158 valence electrons. The van der Waals surface area contributed by atoms with Gasteiger partial charge >= 0.3 is 0 Å². The largest absolute Gasteiger partial charge is 0.507 e. The van der Waals surface area contributed by atoms with Gasteiger partial charge in [0.2, 0.25) is 0 Å². The number of hydrogen-bond acceptors (Lipinski definition) is 4. The minimum absolute atomic E-state index is 0. The fourth-order valence-electron chi connectivity index (χ4n) is 4.29. The molecule has 1 aromatic rings. The number of phenols is 1. The van der Waals surface area contributed by atoms with Crippen molar-refractivity contribution in [3.63, 3.8) is 0 Å². The van der Waals surface area contributed by atoms with Crippen LogP contribution in [0.2, 0.25) is 0 Å². The summed E-state index contributed by atoms with van der Waals surface area (Å²) in [6.07, 6.45) is 3.83. The molecule has 1 atom stereocenters. The number of aromatic hydroxyl groups is 1. The van der Waals surface area contributed by atoms with E-state index in [1.54, 1.807) is 0 Å². The zero-order valence-electron chi connectivity index (χ0n) is 17.9. The molecule has 6 heteroatoms. The number of nitrogens with zero attached hydrogens (tertiary/aromatic N) is 2. The van der Waals surface area contributed by atoms with Crippen molar-refractivity contribution in [1.82, 2.24) is 9.80 Å². The number of amides is 1. The molecule has 3 rings (SSSR count). The summed E-state index contributed by atoms with van der Waals surface area (Å²) in [7, 11) is 0. The summed E-state index contributed by atoms with van der Waals surface area (Å²) in [4.78, 5) is 17.7. The number of fused-ring (bicyclic) bond motifs is 1. The second-order valence-corrected chi connectivity index (χ2v) is 8.35. The number of piperazine rings is 1. The highest BCUT2D eigenvalue weighted by Crippen LogP contribution is 2.43. The maximum Gasteiger partial charge on any atom is 0.266 e. The lowest BCUT2D eigenvalue weighted by Gasteiger charge is -2.42. The molecule has 1 unspecified atom stereocenters. The SMILES string of the molecule is CCCCN1CCN(C(=O)C2(C)CCc3c(C)c(O)c(C)c(C)c3O2)CC1.Cl. The molecule has 0 radical (unpaired) electrons. The van der Waals surface area contributed by atoms with Crippen LogP contribution in [0, 0.1) is 20.8 Å². The lowest BCUT2D eigenvalue weighted by molar-refractivity contribution is -0.150. The number of ether oxygens (including phenoxy) is 1. The summed E-state index contributed by atoms with van der Waals surface area (Å²) in [6, 6.07) is 0. The number of rotatable bonds is 4. The van der Waals surface area contributed by atoms with Gasteiger partial charge in [-0.05, 0) is 63.8 Å². The minimum Gasteiger partial charge on any atom is -0.507 e. The second kappa shape index (κ2) is 8.91. The Morgan fingerprint density at radius 1 is 1.11 bits per heavy atom. The number of carbonyl (C=O) groups is 1. The van der Waals surface area contributed by atoms with Crippen molar-refractivity contribution in [1.29, 1.82) is 0 Å². The van der Waals surface area contributed by atoms with Gasteiger partial charge in [-0.25, -0.2) is 0 Å². The average molecular weight is 411 g/mol. The zero-order valence-corrected chi connectivity index (χ0v) is 18.7. The van der Waals surface area contributed by atoms with Crippen molar-refractivity contribution in [3.8, 4) is 11.5 Å². The number of unbranched alkanes of at least 4 members (excludes halogenated alkanes) is 1. The maximum atomic E-state index is 13.3. The first-order valence-electron chi connectivity index (χ1n) is 10.3. The maximum absolute atomic E-state index is 13.3. The predicted octanol–water partition coefficient (Wildman–Crippen LogP) is 3.77. The van der Waals surface area contributed by atoms with Crippen LogP contribution in [-0.4, -0.2) is 59.1 Å². The molecule has 0 spiro atoms. The van der Waals surface area contributed by atoms with E-state index >= 15 is 0 Å². The van der Waals surface area contributed by atoms with Crippen LogP contribution in [0.1, 0.15) is 55.4 Å². The van der Waals surface area contributed by atoms with E-state index in [2.05, 4.69) is 11.8 Å². The molecule has 1 amide bonds. The fourth-order valence-corrected chi connectivity index (χ4v) is 4.29. The average Bonchev–Trinajstić information content (AvgIpc) is 2.69. The molecule has 1 fully saturated rings. The fraction of sp³-hybridized carbons (Fsp3) is 0.682. The van der Waals surface area contributed by atoms with Crippen LogP contribution in [0.5, 0.6) is 11.5 Å². The van der Waals surface area contributed by atoms with Gasteiger partial charge in [-0.2, -0.15) is 0 Å². The van der Waals surface area contributed by atoms with Crippen molar-refractivity contribution in [2.24, 2.45) is 0 Å². The van der Waals surface area contributed by atoms with Gasteiger partial charge in [0.05, 0.1) is 0 Å². The van der Waals surface area contributed by atoms with E-state index in [4.69, 9.17) is 4.74 Å². The lowest BCUT2D eigenvalue weighted by Crippen LogP contribution is -2.57.